The van der Waals surface area contributed by atoms with Crippen LogP contribution in [-0.4, -0.2) is 17.3 Å². The Labute approximate surface area is 122 Å². The highest BCUT2D eigenvalue weighted by molar-refractivity contribution is 9.09. The molecular weight excluding hydrogens is 309 g/mol. The van der Waals surface area contributed by atoms with Gasteiger partial charge in [0.1, 0.15) is 5.82 Å². The first kappa shape index (κ1) is 16.2. The van der Waals surface area contributed by atoms with Crippen LogP contribution in [0.25, 0.3) is 0 Å². The van der Waals surface area contributed by atoms with Gasteiger partial charge in [-0.3, -0.25) is 4.79 Å². The Balaban J connectivity index is 2.66. The van der Waals surface area contributed by atoms with E-state index >= 15 is 0 Å². The summed E-state index contributed by atoms with van der Waals surface area (Å²) in [7, 11) is 0. The van der Waals surface area contributed by atoms with E-state index in [1.807, 2.05) is 0 Å². The minimum absolute atomic E-state index is 0.0152. The number of hydrogen-bond acceptors (Lipinski definition) is 1. The monoisotopic (exact) mass is 329 g/mol. The first-order valence-corrected chi connectivity index (χ1v) is 7.55. The van der Waals surface area contributed by atoms with Crippen LogP contribution in [0.2, 0.25) is 0 Å². The van der Waals surface area contributed by atoms with Crippen molar-refractivity contribution in [3.63, 3.8) is 0 Å². The van der Waals surface area contributed by atoms with Crippen LogP contribution in [0.15, 0.2) is 24.3 Å². The number of rotatable bonds is 5. The number of benzene rings is 1. The maximum Gasteiger partial charge on any atom is 0.224 e. The minimum atomic E-state index is -0.328. The zero-order valence-corrected chi connectivity index (χ0v) is 13.3. The molecule has 0 aliphatic carbocycles. The van der Waals surface area contributed by atoms with Gasteiger partial charge in [0, 0.05) is 11.4 Å². The number of carbonyl (C=O) groups excluding carboxylic acids is 1. The Morgan fingerprint density at radius 3 is 2.53 bits per heavy atom. The predicted molar refractivity (Wildman–Crippen MR) is 79.9 cm³/mol. The van der Waals surface area contributed by atoms with Gasteiger partial charge in [0.25, 0.3) is 0 Å². The fourth-order valence-electron chi connectivity index (χ4n) is 1.89. The van der Waals surface area contributed by atoms with E-state index in [-0.39, 0.29) is 29.6 Å². The number of amides is 1. The fourth-order valence-corrected chi connectivity index (χ4v) is 2.35. The van der Waals surface area contributed by atoms with Crippen LogP contribution in [0.5, 0.6) is 0 Å². The van der Waals surface area contributed by atoms with Crippen LogP contribution in [0.3, 0.4) is 0 Å². The summed E-state index contributed by atoms with van der Waals surface area (Å²) in [6.45, 7) is 6.26. The SMILES string of the molecule is CC(C)(C)C(CCBr)NC(=O)Cc1ccccc1F. The van der Waals surface area contributed by atoms with E-state index < -0.39 is 0 Å². The molecule has 0 aliphatic heterocycles. The summed E-state index contributed by atoms with van der Waals surface area (Å²) in [6, 6.07) is 6.46. The van der Waals surface area contributed by atoms with Crippen LogP contribution in [-0.2, 0) is 11.2 Å². The average molecular weight is 330 g/mol. The summed E-state index contributed by atoms with van der Waals surface area (Å²) in [5.41, 5.74) is 0.421. The van der Waals surface area contributed by atoms with Gasteiger partial charge in [-0.05, 0) is 23.5 Å². The van der Waals surface area contributed by atoms with E-state index in [9.17, 15) is 9.18 Å². The molecule has 1 atom stereocenters. The summed E-state index contributed by atoms with van der Waals surface area (Å²) < 4.78 is 13.5. The van der Waals surface area contributed by atoms with Gasteiger partial charge in [0.05, 0.1) is 6.42 Å². The quantitative estimate of drug-likeness (QED) is 0.820. The molecule has 1 amide bonds. The lowest BCUT2D eigenvalue weighted by Crippen LogP contribution is -2.44. The number of carbonyl (C=O) groups is 1. The van der Waals surface area contributed by atoms with Gasteiger partial charge in [0.15, 0.2) is 0 Å². The zero-order chi connectivity index (χ0) is 14.5. The molecule has 0 aliphatic rings. The highest BCUT2D eigenvalue weighted by Gasteiger charge is 2.25. The van der Waals surface area contributed by atoms with Crippen molar-refractivity contribution in [1.29, 1.82) is 0 Å². The highest BCUT2D eigenvalue weighted by atomic mass is 79.9. The molecule has 0 fully saturated rings. The first-order chi connectivity index (χ1) is 8.84. The third-order valence-electron chi connectivity index (χ3n) is 3.09. The standard InChI is InChI=1S/C15H21BrFNO/c1-15(2,3)13(8-9-16)18-14(19)10-11-6-4-5-7-12(11)17/h4-7,13H,8-10H2,1-3H3,(H,18,19). The molecule has 0 bridgehead atoms. The maximum absolute atomic E-state index is 13.5. The van der Waals surface area contributed by atoms with Crippen molar-refractivity contribution in [3.05, 3.63) is 35.6 Å². The minimum Gasteiger partial charge on any atom is -0.353 e. The van der Waals surface area contributed by atoms with Crippen molar-refractivity contribution in [3.8, 4) is 0 Å². The molecule has 2 nitrogen and oxygen atoms in total. The Bertz CT molecular complexity index is 428. The second kappa shape index (κ2) is 7.04. The summed E-state index contributed by atoms with van der Waals surface area (Å²) in [6.07, 6.45) is 0.939. The molecule has 1 N–H and O–H groups in total. The largest absolute Gasteiger partial charge is 0.353 e. The molecule has 0 heterocycles. The van der Waals surface area contributed by atoms with Crippen LogP contribution >= 0.6 is 15.9 Å². The molecule has 1 unspecified atom stereocenters. The molecule has 0 saturated heterocycles. The van der Waals surface area contributed by atoms with Crippen molar-refractivity contribution in [2.45, 2.75) is 39.7 Å². The molecule has 0 radical (unpaired) electrons. The van der Waals surface area contributed by atoms with E-state index in [0.29, 0.717) is 5.56 Å². The van der Waals surface area contributed by atoms with Gasteiger partial charge in [-0.15, -0.1) is 0 Å². The molecule has 1 aromatic rings. The van der Waals surface area contributed by atoms with Gasteiger partial charge in [-0.2, -0.15) is 0 Å². The van der Waals surface area contributed by atoms with Gasteiger partial charge in [-0.25, -0.2) is 4.39 Å². The smallest absolute Gasteiger partial charge is 0.224 e. The van der Waals surface area contributed by atoms with E-state index in [2.05, 4.69) is 42.0 Å². The van der Waals surface area contributed by atoms with Gasteiger partial charge >= 0.3 is 0 Å². The normalized spacial score (nSPS) is 13.1. The van der Waals surface area contributed by atoms with E-state index in [4.69, 9.17) is 0 Å². The topological polar surface area (TPSA) is 29.1 Å². The molecular formula is C15H21BrFNO. The molecule has 1 rings (SSSR count). The lowest BCUT2D eigenvalue weighted by molar-refractivity contribution is -0.122. The second-order valence-electron chi connectivity index (χ2n) is 5.73. The average Bonchev–Trinajstić information content (AvgIpc) is 2.30. The molecule has 1 aromatic carbocycles. The summed E-state index contributed by atoms with van der Waals surface area (Å²) >= 11 is 3.40. The lowest BCUT2D eigenvalue weighted by atomic mass is 9.85. The Morgan fingerprint density at radius 2 is 2.00 bits per heavy atom. The number of alkyl halides is 1. The zero-order valence-electron chi connectivity index (χ0n) is 11.7. The second-order valence-corrected chi connectivity index (χ2v) is 6.52. The molecule has 4 heteroatoms. The third kappa shape index (κ3) is 5.31. The third-order valence-corrected chi connectivity index (χ3v) is 3.55. The van der Waals surface area contributed by atoms with E-state index in [1.165, 1.54) is 6.07 Å². The predicted octanol–water partition coefficient (Wildman–Crippen LogP) is 3.68. The molecule has 106 valence electrons. The number of nitrogens with one attached hydrogen (secondary N) is 1. The molecule has 0 aromatic heterocycles. The summed E-state index contributed by atoms with van der Waals surface area (Å²) in [5.74, 6) is -0.462. The molecule has 0 saturated carbocycles. The Hall–Kier alpha value is -0.900. The van der Waals surface area contributed by atoms with E-state index in [1.54, 1.807) is 18.2 Å². The van der Waals surface area contributed by atoms with Crippen LogP contribution in [0.1, 0.15) is 32.8 Å². The fraction of sp³-hybridized carbons (Fsp3) is 0.533. The molecule has 0 spiro atoms. The van der Waals surface area contributed by atoms with Gasteiger partial charge in [-0.1, -0.05) is 54.9 Å². The summed E-state index contributed by atoms with van der Waals surface area (Å²) in [5, 5.41) is 3.83. The van der Waals surface area contributed by atoms with Crippen molar-refractivity contribution >= 4 is 21.8 Å². The van der Waals surface area contributed by atoms with E-state index in [0.717, 1.165) is 11.8 Å². The number of halogens is 2. The highest BCUT2D eigenvalue weighted by Crippen LogP contribution is 2.22. The van der Waals surface area contributed by atoms with Crippen molar-refractivity contribution in [2.24, 2.45) is 5.41 Å². The first-order valence-electron chi connectivity index (χ1n) is 6.43. The van der Waals surface area contributed by atoms with Crippen molar-refractivity contribution in [1.82, 2.24) is 5.32 Å². The van der Waals surface area contributed by atoms with Gasteiger partial charge in [0.2, 0.25) is 5.91 Å². The number of hydrogen-bond donors (Lipinski definition) is 1. The Kier molecular flexibility index (Phi) is 5.98. The maximum atomic E-state index is 13.5. The van der Waals surface area contributed by atoms with Gasteiger partial charge < -0.3 is 5.32 Å². The van der Waals surface area contributed by atoms with Crippen LogP contribution < -0.4 is 5.32 Å². The van der Waals surface area contributed by atoms with Crippen molar-refractivity contribution in [2.75, 3.05) is 5.33 Å². The molecule has 19 heavy (non-hydrogen) atoms. The Morgan fingerprint density at radius 1 is 1.37 bits per heavy atom. The lowest BCUT2D eigenvalue weighted by Gasteiger charge is -2.31. The van der Waals surface area contributed by atoms with Crippen LogP contribution in [0, 0.1) is 11.2 Å². The van der Waals surface area contributed by atoms with Crippen LogP contribution in [0.4, 0.5) is 4.39 Å². The summed E-state index contributed by atoms with van der Waals surface area (Å²) in [4.78, 5) is 12.0. The van der Waals surface area contributed by atoms with Crippen molar-refractivity contribution < 1.29 is 9.18 Å².